The Labute approximate surface area is 111 Å². The molecule has 2 heteroatoms. The summed E-state index contributed by atoms with van der Waals surface area (Å²) in [6, 6.07) is 9.53. The van der Waals surface area contributed by atoms with E-state index in [4.69, 9.17) is 0 Å². The number of rotatable bonds is 5. The molecule has 2 atom stereocenters. The van der Waals surface area contributed by atoms with Crippen molar-refractivity contribution in [3.8, 4) is 0 Å². The Hall–Kier alpha value is -0.860. The third kappa shape index (κ3) is 3.56. The lowest BCUT2D eigenvalue weighted by atomic mass is 9.83. The van der Waals surface area contributed by atoms with E-state index >= 15 is 0 Å². The van der Waals surface area contributed by atoms with Gasteiger partial charge in [-0.15, -0.1) is 0 Å². The Balaban J connectivity index is 1.91. The number of nitrogens with zero attached hydrogens (tertiary/aromatic N) is 1. The molecule has 2 nitrogen and oxygen atoms in total. The van der Waals surface area contributed by atoms with E-state index < -0.39 is 0 Å². The quantitative estimate of drug-likeness (QED) is 0.859. The Morgan fingerprint density at radius 3 is 2.89 bits per heavy atom. The van der Waals surface area contributed by atoms with Crippen LogP contribution >= 0.6 is 0 Å². The first kappa shape index (κ1) is 13.6. The number of hydrogen-bond donors (Lipinski definition) is 1. The number of nitrogens with one attached hydrogen (secondary N) is 1. The molecule has 2 rings (SSSR count). The van der Waals surface area contributed by atoms with Gasteiger partial charge < -0.3 is 10.2 Å². The highest BCUT2D eigenvalue weighted by Crippen LogP contribution is 2.30. The third-order valence-electron chi connectivity index (χ3n) is 3.85. The van der Waals surface area contributed by atoms with Gasteiger partial charge >= 0.3 is 0 Å². The Kier molecular flexibility index (Phi) is 4.79. The van der Waals surface area contributed by atoms with Crippen molar-refractivity contribution in [2.24, 2.45) is 0 Å². The zero-order chi connectivity index (χ0) is 13.0. The molecule has 0 radical (unpaired) electrons. The Morgan fingerprint density at radius 2 is 2.11 bits per heavy atom. The minimum absolute atomic E-state index is 0.564. The summed E-state index contributed by atoms with van der Waals surface area (Å²) in [5, 5.41) is 3.68. The van der Waals surface area contributed by atoms with E-state index in [1.807, 2.05) is 0 Å². The fourth-order valence-corrected chi connectivity index (χ4v) is 3.02. The van der Waals surface area contributed by atoms with Crippen molar-refractivity contribution >= 4 is 0 Å². The Bertz CT molecular complexity index is 373. The molecule has 0 heterocycles. The summed E-state index contributed by atoms with van der Waals surface area (Å²) >= 11 is 0. The first-order valence-corrected chi connectivity index (χ1v) is 7.12. The van der Waals surface area contributed by atoms with Crippen LogP contribution in [0, 0.1) is 0 Å². The molecule has 0 aromatic heterocycles. The normalized spacial score (nSPS) is 20.8. The maximum absolute atomic E-state index is 3.68. The van der Waals surface area contributed by atoms with Gasteiger partial charge in [0, 0.05) is 19.1 Å². The molecule has 0 fully saturated rings. The highest BCUT2D eigenvalue weighted by atomic mass is 15.1. The van der Waals surface area contributed by atoms with Crippen molar-refractivity contribution in [3.63, 3.8) is 0 Å². The predicted molar refractivity (Wildman–Crippen MR) is 78.1 cm³/mol. The second kappa shape index (κ2) is 6.35. The molecular formula is C16H26N2. The largest absolute Gasteiger partial charge is 0.312 e. The van der Waals surface area contributed by atoms with E-state index in [-0.39, 0.29) is 0 Å². The van der Waals surface area contributed by atoms with E-state index in [1.165, 1.54) is 19.3 Å². The molecule has 2 unspecified atom stereocenters. The minimum Gasteiger partial charge on any atom is -0.312 e. The monoisotopic (exact) mass is 246 g/mol. The molecule has 0 aliphatic heterocycles. The molecule has 0 amide bonds. The van der Waals surface area contributed by atoms with Crippen LogP contribution in [0.5, 0.6) is 0 Å². The van der Waals surface area contributed by atoms with Crippen LogP contribution in [0.25, 0.3) is 0 Å². The van der Waals surface area contributed by atoms with Crippen LogP contribution < -0.4 is 5.32 Å². The molecule has 1 aromatic rings. The molecule has 100 valence electrons. The van der Waals surface area contributed by atoms with Crippen LogP contribution in [0.4, 0.5) is 0 Å². The first-order chi connectivity index (χ1) is 8.66. The van der Waals surface area contributed by atoms with Crippen molar-refractivity contribution in [2.45, 2.75) is 38.1 Å². The van der Waals surface area contributed by atoms with E-state index in [1.54, 1.807) is 11.1 Å². The van der Waals surface area contributed by atoms with Crippen molar-refractivity contribution < 1.29 is 0 Å². The van der Waals surface area contributed by atoms with Crippen molar-refractivity contribution in [1.82, 2.24) is 10.2 Å². The number of aryl methyl sites for hydroxylation is 1. The maximum Gasteiger partial charge on any atom is 0.0166 e. The van der Waals surface area contributed by atoms with Crippen LogP contribution in [-0.2, 0) is 6.42 Å². The van der Waals surface area contributed by atoms with Gasteiger partial charge in [-0.3, -0.25) is 0 Å². The third-order valence-corrected chi connectivity index (χ3v) is 3.85. The van der Waals surface area contributed by atoms with E-state index in [2.05, 4.69) is 55.5 Å². The molecule has 1 aliphatic carbocycles. The van der Waals surface area contributed by atoms with Crippen LogP contribution in [0.3, 0.4) is 0 Å². The van der Waals surface area contributed by atoms with Crippen LogP contribution in [-0.4, -0.2) is 38.1 Å². The molecule has 0 spiro atoms. The summed E-state index contributed by atoms with van der Waals surface area (Å²) in [6.07, 6.45) is 3.93. The van der Waals surface area contributed by atoms with Crippen molar-refractivity contribution in [2.75, 3.05) is 27.2 Å². The molecule has 1 aliphatic rings. The molecule has 1 aromatic carbocycles. The SMILES string of the molecule is CC(CN(C)C)NCC1CCCc2ccccc21. The summed E-state index contributed by atoms with van der Waals surface area (Å²) in [4.78, 5) is 2.24. The van der Waals surface area contributed by atoms with Gasteiger partial charge in [0.25, 0.3) is 0 Å². The van der Waals surface area contributed by atoms with Gasteiger partial charge in [-0.1, -0.05) is 24.3 Å². The molecule has 0 saturated carbocycles. The lowest BCUT2D eigenvalue weighted by Crippen LogP contribution is -2.38. The summed E-state index contributed by atoms with van der Waals surface area (Å²) in [5.41, 5.74) is 3.14. The molecule has 18 heavy (non-hydrogen) atoms. The Morgan fingerprint density at radius 1 is 1.33 bits per heavy atom. The van der Waals surface area contributed by atoms with E-state index in [9.17, 15) is 0 Å². The summed E-state index contributed by atoms with van der Waals surface area (Å²) in [5.74, 6) is 0.708. The molecule has 0 saturated heterocycles. The molecule has 0 bridgehead atoms. The van der Waals surface area contributed by atoms with Crippen LogP contribution in [0.1, 0.15) is 36.8 Å². The van der Waals surface area contributed by atoms with Gasteiger partial charge in [0.2, 0.25) is 0 Å². The van der Waals surface area contributed by atoms with Gasteiger partial charge in [-0.05, 0) is 57.3 Å². The highest BCUT2D eigenvalue weighted by Gasteiger charge is 2.19. The lowest BCUT2D eigenvalue weighted by Gasteiger charge is -2.27. The van der Waals surface area contributed by atoms with Gasteiger partial charge in [0.15, 0.2) is 0 Å². The molecule has 1 N–H and O–H groups in total. The van der Waals surface area contributed by atoms with Crippen molar-refractivity contribution in [3.05, 3.63) is 35.4 Å². The highest BCUT2D eigenvalue weighted by molar-refractivity contribution is 5.32. The van der Waals surface area contributed by atoms with Gasteiger partial charge in [-0.2, -0.15) is 0 Å². The maximum atomic E-state index is 3.68. The average Bonchev–Trinajstić information content (AvgIpc) is 2.35. The predicted octanol–water partition coefficient (Wildman–Crippen LogP) is 2.65. The van der Waals surface area contributed by atoms with E-state index in [0.29, 0.717) is 12.0 Å². The van der Waals surface area contributed by atoms with Crippen LogP contribution in [0.2, 0.25) is 0 Å². The minimum atomic E-state index is 0.564. The zero-order valence-corrected chi connectivity index (χ0v) is 11.9. The van der Waals surface area contributed by atoms with Gasteiger partial charge in [-0.25, -0.2) is 0 Å². The average molecular weight is 246 g/mol. The number of likely N-dealkylation sites (N-methyl/N-ethyl adjacent to an activating group) is 1. The topological polar surface area (TPSA) is 15.3 Å². The zero-order valence-electron chi connectivity index (χ0n) is 11.9. The van der Waals surface area contributed by atoms with Gasteiger partial charge in [0.1, 0.15) is 0 Å². The fourth-order valence-electron chi connectivity index (χ4n) is 3.02. The van der Waals surface area contributed by atoms with Crippen LogP contribution in [0.15, 0.2) is 24.3 Å². The fraction of sp³-hybridized carbons (Fsp3) is 0.625. The van der Waals surface area contributed by atoms with Gasteiger partial charge in [0.05, 0.1) is 0 Å². The standard InChI is InChI=1S/C16H26N2/c1-13(12-18(2)3)17-11-15-9-6-8-14-7-4-5-10-16(14)15/h4-5,7,10,13,15,17H,6,8-9,11-12H2,1-3H3. The number of benzene rings is 1. The smallest absolute Gasteiger partial charge is 0.0166 e. The second-order valence-electron chi connectivity index (χ2n) is 5.86. The summed E-state index contributed by atoms with van der Waals surface area (Å²) in [6.45, 7) is 4.50. The second-order valence-corrected chi connectivity index (χ2v) is 5.86. The first-order valence-electron chi connectivity index (χ1n) is 7.12. The number of fused-ring (bicyclic) bond motifs is 1. The summed E-state index contributed by atoms with van der Waals surface area (Å²) < 4.78 is 0. The van der Waals surface area contributed by atoms with Crippen molar-refractivity contribution in [1.29, 1.82) is 0 Å². The lowest BCUT2D eigenvalue weighted by molar-refractivity contribution is 0.341. The summed E-state index contributed by atoms with van der Waals surface area (Å²) in [7, 11) is 4.27. The van der Waals surface area contributed by atoms with E-state index in [0.717, 1.165) is 13.1 Å². The number of hydrogen-bond acceptors (Lipinski definition) is 2. The molecular weight excluding hydrogens is 220 g/mol.